The second-order valence-electron chi connectivity index (χ2n) is 5.57. The number of hydrogen-bond donors (Lipinski definition) is 0. The first kappa shape index (κ1) is 16.8. The van der Waals surface area contributed by atoms with Gasteiger partial charge in [0, 0.05) is 18.0 Å². The molecule has 3 rings (SSSR count). The van der Waals surface area contributed by atoms with E-state index < -0.39 is 12.0 Å². The Morgan fingerprint density at radius 2 is 1.83 bits per heavy atom. The Balaban J connectivity index is 1.99. The molecule has 1 aliphatic rings. The third kappa shape index (κ3) is 3.12. The van der Waals surface area contributed by atoms with Gasteiger partial charge in [0.05, 0.1) is 17.7 Å². The molecule has 124 valence electrons. The second-order valence-corrected chi connectivity index (χ2v) is 6.41. The summed E-state index contributed by atoms with van der Waals surface area (Å²) in [5.41, 5.74) is 2.37. The Morgan fingerprint density at radius 3 is 2.50 bits per heavy atom. The van der Waals surface area contributed by atoms with E-state index in [0.717, 1.165) is 11.1 Å². The lowest BCUT2D eigenvalue weighted by Crippen LogP contribution is -2.49. The summed E-state index contributed by atoms with van der Waals surface area (Å²) in [6, 6.07) is 11.8. The van der Waals surface area contributed by atoms with Crippen molar-refractivity contribution in [3.63, 3.8) is 0 Å². The predicted octanol–water partition coefficient (Wildman–Crippen LogP) is 3.73. The lowest BCUT2D eigenvalue weighted by atomic mass is 9.93. The lowest BCUT2D eigenvalue weighted by Gasteiger charge is -2.35. The van der Waals surface area contributed by atoms with Gasteiger partial charge in [0.2, 0.25) is 0 Å². The number of carbonyl (C=O) groups excluding carboxylic acids is 2. The van der Waals surface area contributed by atoms with Crippen molar-refractivity contribution in [2.24, 2.45) is 0 Å². The summed E-state index contributed by atoms with van der Waals surface area (Å²) in [7, 11) is 1.32. The first-order chi connectivity index (χ1) is 11.5. The number of benzene rings is 2. The molecule has 0 aliphatic carbocycles. The summed E-state index contributed by atoms with van der Waals surface area (Å²) in [6.07, 6.45) is 0.416. The standard InChI is InChI=1S/C18H15Cl2NO3/c1-24-18(23)16-8-11-4-2-3-5-12(11)10-21(16)17(22)14-7-6-13(19)9-15(14)20/h2-7,9,16H,8,10H2,1H3. The number of halogens is 2. The molecule has 1 amide bonds. The van der Waals surface area contributed by atoms with E-state index in [1.165, 1.54) is 18.1 Å². The number of rotatable bonds is 2. The highest BCUT2D eigenvalue weighted by Crippen LogP contribution is 2.28. The number of ether oxygens (including phenoxy) is 1. The van der Waals surface area contributed by atoms with Gasteiger partial charge in [-0.05, 0) is 29.3 Å². The maximum atomic E-state index is 13.0. The predicted molar refractivity (Wildman–Crippen MR) is 92.3 cm³/mol. The van der Waals surface area contributed by atoms with Crippen LogP contribution in [0, 0.1) is 0 Å². The van der Waals surface area contributed by atoms with Gasteiger partial charge in [0.1, 0.15) is 6.04 Å². The number of nitrogens with zero attached hydrogens (tertiary/aromatic N) is 1. The second kappa shape index (κ2) is 6.83. The average Bonchev–Trinajstić information content (AvgIpc) is 2.59. The van der Waals surface area contributed by atoms with Gasteiger partial charge in [-0.15, -0.1) is 0 Å². The Bertz CT molecular complexity index is 807. The summed E-state index contributed by atoms with van der Waals surface area (Å²) in [6.45, 7) is 0.327. The van der Waals surface area contributed by atoms with E-state index in [2.05, 4.69) is 0 Å². The zero-order valence-electron chi connectivity index (χ0n) is 13.0. The molecule has 4 nitrogen and oxygen atoms in total. The van der Waals surface area contributed by atoms with Crippen molar-refractivity contribution in [2.45, 2.75) is 19.0 Å². The number of methoxy groups -OCH3 is 1. The molecule has 0 saturated carbocycles. The molecule has 0 bridgehead atoms. The van der Waals surface area contributed by atoms with Crippen LogP contribution in [0.5, 0.6) is 0 Å². The van der Waals surface area contributed by atoms with E-state index >= 15 is 0 Å². The van der Waals surface area contributed by atoms with Crippen LogP contribution in [0.3, 0.4) is 0 Å². The molecular formula is C18H15Cl2NO3. The quantitative estimate of drug-likeness (QED) is 0.763. The molecule has 2 aromatic carbocycles. The summed E-state index contributed by atoms with van der Waals surface area (Å²) in [4.78, 5) is 26.7. The highest BCUT2D eigenvalue weighted by Gasteiger charge is 2.36. The van der Waals surface area contributed by atoms with E-state index in [1.807, 2.05) is 24.3 Å². The molecule has 2 aromatic rings. The van der Waals surface area contributed by atoms with Gasteiger partial charge in [0.15, 0.2) is 0 Å². The highest BCUT2D eigenvalue weighted by atomic mass is 35.5. The number of amides is 1. The largest absolute Gasteiger partial charge is 0.467 e. The number of hydrogen-bond acceptors (Lipinski definition) is 3. The molecule has 24 heavy (non-hydrogen) atoms. The van der Waals surface area contributed by atoms with Crippen molar-refractivity contribution < 1.29 is 14.3 Å². The zero-order chi connectivity index (χ0) is 17.3. The summed E-state index contributed by atoms with van der Waals surface area (Å²) < 4.78 is 4.88. The van der Waals surface area contributed by atoms with E-state index in [1.54, 1.807) is 12.1 Å². The summed E-state index contributed by atoms with van der Waals surface area (Å²) in [5, 5.41) is 0.708. The molecule has 0 fully saturated rings. The maximum Gasteiger partial charge on any atom is 0.328 e. The van der Waals surface area contributed by atoms with Crippen LogP contribution >= 0.6 is 23.2 Å². The van der Waals surface area contributed by atoms with Crippen LogP contribution < -0.4 is 0 Å². The Labute approximate surface area is 149 Å². The summed E-state index contributed by atoms with van der Waals surface area (Å²) in [5.74, 6) is -0.760. The van der Waals surface area contributed by atoms with Crippen LogP contribution in [0.15, 0.2) is 42.5 Å². The molecule has 1 unspecified atom stereocenters. The van der Waals surface area contributed by atoms with E-state index in [0.29, 0.717) is 23.6 Å². The topological polar surface area (TPSA) is 46.6 Å². The number of carbonyl (C=O) groups is 2. The number of fused-ring (bicyclic) bond motifs is 1. The van der Waals surface area contributed by atoms with E-state index in [-0.39, 0.29) is 10.9 Å². The van der Waals surface area contributed by atoms with Crippen molar-refractivity contribution in [3.05, 3.63) is 69.2 Å². The zero-order valence-corrected chi connectivity index (χ0v) is 14.5. The SMILES string of the molecule is COC(=O)C1Cc2ccccc2CN1C(=O)c1ccc(Cl)cc1Cl. The smallest absolute Gasteiger partial charge is 0.328 e. The molecule has 0 saturated heterocycles. The van der Waals surface area contributed by atoms with Gasteiger partial charge in [0.25, 0.3) is 5.91 Å². The Hall–Kier alpha value is -2.04. The van der Waals surface area contributed by atoms with E-state index in [9.17, 15) is 9.59 Å². The third-order valence-electron chi connectivity index (χ3n) is 4.14. The van der Waals surface area contributed by atoms with Crippen molar-refractivity contribution in [3.8, 4) is 0 Å². The molecule has 0 aromatic heterocycles. The summed E-state index contributed by atoms with van der Waals surface area (Å²) >= 11 is 12.0. The van der Waals surface area contributed by atoms with Crippen molar-refractivity contribution in [1.82, 2.24) is 4.90 Å². The lowest BCUT2D eigenvalue weighted by molar-refractivity contribution is -0.146. The normalized spacial score (nSPS) is 16.5. The van der Waals surface area contributed by atoms with Crippen molar-refractivity contribution >= 4 is 35.1 Å². The molecule has 6 heteroatoms. The van der Waals surface area contributed by atoms with Gasteiger partial charge in [-0.1, -0.05) is 47.5 Å². The first-order valence-corrected chi connectivity index (χ1v) is 8.17. The molecule has 1 heterocycles. The molecule has 0 N–H and O–H groups in total. The van der Waals surface area contributed by atoms with Crippen molar-refractivity contribution in [2.75, 3.05) is 7.11 Å². The monoisotopic (exact) mass is 363 g/mol. The van der Waals surface area contributed by atoms with Gasteiger partial charge >= 0.3 is 5.97 Å². The Kier molecular flexibility index (Phi) is 4.78. The minimum atomic E-state index is -0.677. The van der Waals surface area contributed by atoms with Gasteiger partial charge < -0.3 is 9.64 Å². The van der Waals surface area contributed by atoms with Crippen LogP contribution in [0.25, 0.3) is 0 Å². The van der Waals surface area contributed by atoms with Gasteiger partial charge in [-0.2, -0.15) is 0 Å². The third-order valence-corrected chi connectivity index (χ3v) is 4.69. The van der Waals surface area contributed by atoms with E-state index in [4.69, 9.17) is 27.9 Å². The molecule has 0 spiro atoms. The van der Waals surface area contributed by atoms with Crippen LogP contribution in [0.2, 0.25) is 10.0 Å². The van der Waals surface area contributed by atoms with Crippen LogP contribution in [-0.4, -0.2) is 29.9 Å². The minimum Gasteiger partial charge on any atom is -0.467 e. The fourth-order valence-corrected chi connectivity index (χ4v) is 3.39. The van der Waals surface area contributed by atoms with Crippen LogP contribution in [0.1, 0.15) is 21.5 Å². The highest BCUT2D eigenvalue weighted by molar-refractivity contribution is 6.36. The first-order valence-electron chi connectivity index (χ1n) is 7.42. The Morgan fingerprint density at radius 1 is 1.12 bits per heavy atom. The average molecular weight is 364 g/mol. The molecule has 1 atom stereocenters. The van der Waals surface area contributed by atoms with Crippen LogP contribution in [-0.2, 0) is 22.5 Å². The van der Waals surface area contributed by atoms with Crippen LogP contribution in [0.4, 0.5) is 0 Å². The molecule has 0 radical (unpaired) electrons. The molecular weight excluding hydrogens is 349 g/mol. The molecule has 1 aliphatic heterocycles. The van der Waals surface area contributed by atoms with Gasteiger partial charge in [-0.3, -0.25) is 4.79 Å². The minimum absolute atomic E-state index is 0.259. The fraction of sp³-hybridized carbons (Fsp3) is 0.222. The van der Waals surface area contributed by atoms with Crippen molar-refractivity contribution in [1.29, 1.82) is 0 Å². The number of esters is 1. The van der Waals surface area contributed by atoms with Gasteiger partial charge in [-0.25, -0.2) is 4.79 Å². The maximum absolute atomic E-state index is 13.0. The fourth-order valence-electron chi connectivity index (χ4n) is 2.90.